The number of sulfonamides is 1. The second-order valence-electron chi connectivity index (χ2n) is 7.51. The van der Waals surface area contributed by atoms with E-state index in [1.165, 1.54) is 24.5 Å². The highest BCUT2D eigenvalue weighted by atomic mass is 35.5. The number of furan rings is 1. The lowest BCUT2D eigenvalue weighted by Gasteiger charge is -2.34. The fourth-order valence-electron chi connectivity index (χ4n) is 3.73. The summed E-state index contributed by atoms with van der Waals surface area (Å²) >= 11 is 6.29. The second kappa shape index (κ2) is 8.01. The highest BCUT2D eigenvalue weighted by molar-refractivity contribution is 7.94. The van der Waals surface area contributed by atoms with Crippen LogP contribution in [0.4, 0.5) is 5.69 Å². The topological polar surface area (TPSA) is 108 Å². The van der Waals surface area contributed by atoms with Gasteiger partial charge in [-0.25, -0.2) is 12.7 Å². The van der Waals surface area contributed by atoms with E-state index >= 15 is 0 Å². The first kappa shape index (κ1) is 21.4. The third-order valence-corrected chi connectivity index (χ3v) is 7.55. The van der Waals surface area contributed by atoms with Crippen molar-refractivity contribution in [2.45, 2.75) is 6.92 Å². The highest BCUT2D eigenvalue weighted by Crippen LogP contribution is 2.32. The van der Waals surface area contributed by atoms with Gasteiger partial charge in [-0.15, -0.1) is 0 Å². The molecule has 9 nitrogen and oxygen atoms in total. The van der Waals surface area contributed by atoms with Gasteiger partial charge in [-0.2, -0.15) is 0 Å². The summed E-state index contributed by atoms with van der Waals surface area (Å²) in [6.07, 6.45) is 1.43. The minimum atomic E-state index is -3.76. The van der Waals surface area contributed by atoms with Gasteiger partial charge in [-0.05, 0) is 30.3 Å². The zero-order chi connectivity index (χ0) is 22.3. The van der Waals surface area contributed by atoms with Crippen LogP contribution in [0.2, 0.25) is 5.02 Å². The molecule has 0 unspecified atom stereocenters. The first-order valence-corrected chi connectivity index (χ1v) is 11.7. The van der Waals surface area contributed by atoms with Crippen molar-refractivity contribution in [3.05, 3.63) is 52.9 Å². The molecule has 0 N–H and O–H groups in total. The van der Waals surface area contributed by atoms with Gasteiger partial charge in [0, 0.05) is 26.2 Å². The summed E-state index contributed by atoms with van der Waals surface area (Å²) in [4.78, 5) is 40.7. The van der Waals surface area contributed by atoms with Crippen LogP contribution >= 0.6 is 11.6 Å². The van der Waals surface area contributed by atoms with Crippen LogP contribution in [0.3, 0.4) is 0 Å². The van der Waals surface area contributed by atoms with E-state index in [0.29, 0.717) is 26.2 Å². The summed E-state index contributed by atoms with van der Waals surface area (Å²) in [5.41, 5.74) is 0.318. The maximum absolute atomic E-state index is 12.9. The Hall–Kier alpha value is -2.85. The van der Waals surface area contributed by atoms with Crippen LogP contribution in [0.15, 0.2) is 41.0 Å². The molecule has 2 fully saturated rings. The highest BCUT2D eigenvalue weighted by Gasteiger charge is 2.42. The van der Waals surface area contributed by atoms with Crippen LogP contribution in [0.5, 0.6) is 0 Å². The number of hydrogen-bond acceptors (Lipinski definition) is 6. The number of halogens is 1. The summed E-state index contributed by atoms with van der Waals surface area (Å²) < 4.78 is 30.4. The summed E-state index contributed by atoms with van der Waals surface area (Å²) in [5, 5.41) is 0.0548. The minimum Gasteiger partial charge on any atom is -0.459 e. The van der Waals surface area contributed by atoms with E-state index in [1.807, 2.05) is 0 Å². The quantitative estimate of drug-likeness (QED) is 0.684. The summed E-state index contributed by atoms with van der Waals surface area (Å²) in [5.74, 6) is -1.72. The van der Waals surface area contributed by atoms with Crippen molar-refractivity contribution in [2.75, 3.05) is 36.2 Å². The SMILES string of the molecule is C[C@@H]1CS(=O)(=O)N(c2ccc(C(=O)N3CCN(C(=O)c4ccco4)CC3)c(Cl)c2)C1=O. The van der Waals surface area contributed by atoms with E-state index in [4.69, 9.17) is 16.0 Å². The fraction of sp³-hybridized carbons (Fsp3) is 0.350. The van der Waals surface area contributed by atoms with Crippen LogP contribution in [-0.4, -0.2) is 67.9 Å². The first-order chi connectivity index (χ1) is 14.7. The molecule has 0 spiro atoms. The molecule has 164 valence electrons. The molecule has 2 aliphatic rings. The fourth-order valence-corrected chi connectivity index (χ4v) is 5.80. The average molecular weight is 466 g/mol. The molecule has 3 heterocycles. The van der Waals surface area contributed by atoms with Gasteiger partial charge in [0.25, 0.3) is 11.8 Å². The molecule has 0 saturated carbocycles. The number of rotatable bonds is 3. The number of nitrogens with zero attached hydrogens (tertiary/aromatic N) is 3. The molecule has 2 aromatic rings. The standard InChI is InChI=1S/C20H20ClN3O6S/c1-13-12-31(28,29)24(18(13)25)14-4-5-15(16(21)11-14)19(26)22-6-8-23(9-7-22)20(27)17-3-2-10-30-17/h2-5,10-11,13H,6-9,12H2,1H3/t13-/m1/s1. The third-order valence-electron chi connectivity index (χ3n) is 5.36. The molecule has 0 radical (unpaired) electrons. The minimum absolute atomic E-state index is 0.0548. The molecule has 0 bridgehead atoms. The van der Waals surface area contributed by atoms with Crippen molar-refractivity contribution in [3.8, 4) is 0 Å². The van der Waals surface area contributed by atoms with E-state index in [9.17, 15) is 22.8 Å². The number of hydrogen-bond donors (Lipinski definition) is 0. The van der Waals surface area contributed by atoms with Gasteiger partial charge in [0.15, 0.2) is 5.76 Å². The maximum atomic E-state index is 12.9. The molecule has 1 aromatic heterocycles. The largest absolute Gasteiger partial charge is 0.459 e. The van der Waals surface area contributed by atoms with Crippen LogP contribution in [-0.2, 0) is 14.8 Å². The van der Waals surface area contributed by atoms with Gasteiger partial charge in [0.05, 0.1) is 34.2 Å². The summed E-state index contributed by atoms with van der Waals surface area (Å²) in [6.45, 7) is 2.88. The number of carbonyl (C=O) groups excluding carboxylic acids is 3. The lowest BCUT2D eigenvalue weighted by atomic mass is 10.1. The number of amides is 3. The predicted octanol–water partition coefficient (Wildman–Crippen LogP) is 1.84. The van der Waals surface area contributed by atoms with E-state index < -0.39 is 21.8 Å². The van der Waals surface area contributed by atoms with Gasteiger partial charge in [0.2, 0.25) is 15.9 Å². The number of benzene rings is 1. The van der Waals surface area contributed by atoms with Crippen molar-refractivity contribution in [1.82, 2.24) is 9.80 Å². The van der Waals surface area contributed by atoms with Gasteiger partial charge in [-0.1, -0.05) is 18.5 Å². The Morgan fingerprint density at radius 2 is 1.71 bits per heavy atom. The normalized spacial score (nSPS) is 20.9. The molecular weight excluding hydrogens is 446 g/mol. The van der Waals surface area contributed by atoms with Crippen molar-refractivity contribution in [1.29, 1.82) is 0 Å². The van der Waals surface area contributed by atoms with E-state index in [2.05, 4.69) is 0 Å². The molecule has 3 amide bonds. The molecule has 1 aromatic carbocycles. The molecule has 2 saturated heterocycles. The number of carbonyl (C=O) groups is 3. The van der Waals surface area contributed by atoms with Gasteiger partial charge in [0.1, 0.15) is 0 Å². The zero-order valence-electron chi connectivity index (χ0n) is 16.7. The van der Waals surface area contributed by atoms with Gasteiger partial charge in [-0.3, -0.25) is 14.4 Å². The van der Waals surface area contributed by atoms with Crippen molar-refractivity contribution in [2.24, 2.45) is 5.92 Å². The van der Waals surface area contributed by atoms with Gasteiger partial charge < -0.3 is 14.2 Å². The molecule has 11 heteroatoms. The zero-order valence-corrected chi connectivity index (χ0v) is 18.2. The second-order valence-corrected chi connectivity index (χ2v) is 9.78. The lowest BCUT2D eigenvalue weighted by Crippen LogP contribution is -2.50. The van der Waals surface area contributed by atoms with Crippen LogP contribution < -0.4 is 4.31 Å². The molecule has 0 aliphatic carbocycles. The van der Waals surface area contributed by atoms with Crippen LogP contribution in [0.25, 0.3) is 0 Å². The molecule has 2 aliphatic heterocycles. The Balaban J connectivity index is 1.46. The average Bonchev–Trinajstić information content (AvgIpc) is 3.33. The van der Waals surface area contributed by atoms with Crippen LogP contribution in [0, 0.1) is 5.92 Å². The predicted molar refractivity (Wildman–Crippen MR) is 112 cm³/mol. The smallest absolute Gasteiger partial charge is 0.289 e. The van der Waals surface area contributed by atoms with Crippen LogP contribution in [0.1, 0.15) is 27.8 Å². The Morgan fingerprint density at radius 3 is 2.23 bits per heavy atom. The Bertz CT molecular complexity index is 1140. The molecule has 4 rings (SSSR count). The first-order valence-electron chi connectivity index (χ1n) is 9.67. The monoisotopic (exact) mass is 465 g/mol. The van der Waals surface area contributed by atoms with E-state index in [0.717, 1.165) is 4.31 Å². The Labute approximate surface area is 184 Å². The summed E-state index contributed by atoms with van der Waals surface area (Å²) in [6, 6.07) is 7.38. The lowest BCUT2D eigenvalue weighted by molar-refractivity contribution is -0.119. The molecule has 1 atom stereocenters. The van der Waals surface area contributed by atoms with E-state index in [-0.39, 0.29) is 39.6 Å². The summed E-state index contributed by atoms with van der Waals surface area (Å²) in [7, 11) is -3.76. The third kappa shape index (κ3) is 3.92. The number of piperazine rings is 1. The molecule has 31 heavy (non-hydrogen) atoms. The van der Waals surface area contributed by atoms with Crippen molar-refractivity contribution >= 4 is 45.0 Å². The van der Waals surface area contributed by atoms with Crippen molar-refractivity contribution < 1.29 is 27.2 Å². The van der Waals surface area contributed by atoms with E-state index in [1.54, 1.807) is 28.9 Å². The Morgan fingerprint density at radius 1 is 1.06 bits per heavy atom. The number of anilines is 1. The Kier molecular flexibility index (Phi) is 5.52. The molecular formula is C20H20ClN3O6S. The van der Waals surface area contributed by atoms with Gasteiger partial charge >= 0.3 is 0 Å². The van der Waals surface area contributed by atoms with Crippen molar-refractivity contribution in [3.63, 3.8) is 0 Å². The maximum Gasteiger partial charge on any atom is 0.289 e.